The van der Waals surface area contributed by atoms with Gasteiger partial charge in [0.2, 0.25) is 0 Å². The smallest absolute Gasteiger partial charge is 0.358 e. The highest BCUT2D eigenvalue weighted by Gasteiger charge is 2.23. The highest BCUT2D eigenvalue weighted by atomic mass is 32.1. The summed E-state index contributed by atoms with van der Waals surface area (Å²) in [5, 5.41) is 0.880. The largest absolute Gasteiger partial charge is 0.461 e. The van der Waals surface area contributed by atoms with Crippen LogP contribution in [0, 0.1) is 6.92 Å². The molecule has 100 valence electrons. The summed E-state index contributed by atoms with van der Waals surface area (Å²) < 4.78 is 10.5. The minimum atomic E-state index is -0.334. The van der Waals surface area contributed by atoms with Crippen molar-refractivity contribution in [1.29, 1.82) is 0 Å². The van der Waals surface area contributed by atoms with Crippen molar-refractivity contribution in [2.75, 3.05) is 31.2 Å². The van der Waals surface area contributed by atoms with Gasteiger partial charge in [0.1, 0.15) is 0 Å². The molecular formula is C12H18N2O3S. The number of nitrogens with zero attached hydrogens (tertiary/aromatic N) is 2. The Labute approximate surface area is 111 Å². The third kappa shape index (κ3) is 2.81. The van der Waals surface area contributed by atoms with Gasteiger partial charge in [0.25, 0.3) is 0 Å². The van der Waals surface area contributed by atoms with Crippen molar-refractivity contribution in [3.8, 4) is 0 Å². The van der Waals surface area contributed by atoms with Gasteiger partial charge in [-0.05, 0) is 20.8 Å². The van der Waals surface area contributed by atoms with Crippen molar-refractivity contribution in [1.82, 2.24) is 4.98 Å². The summed E-state index contributed by atoms with van der Waals surface area (Å²) in [5.41, 5.74) is 0.441. The average Bonchev–Trinajstić information content (AvgIpc) is 2.72. The van der Waals surface area contributed by atoms with E-state index in [0.717, 1.165) is 23.1 Å². The number of aryl methyl sites for hydroxylation is 1. The van der Waals surface area contributed by atoms with Crippen LogP contribution in [0.15, 0.2) is 0 Å². The van der Waals surface area contributed by atoms with E-state index in [-0.39, 0.29) is 12.1 Å². The molecule has 6 heteroatoms. The fourth-order valence-electron chi connectivity index (χ4n) is 1.90. The summed E-state index contributed by atoms with van der Waals surface area (Å²) in [4.78, 5) is 19.2. The number of hydrogen-bond donors (Lipinski definition) is 0. The van der Waals surface area contributed by atoms with E-state index < -0.39 is 0 Å². The predicted octanol–water partition coefficient (Wildman–Crippen LogP) is 1.85. The minimum absolute atomic E-state index is 0.203. The van der Waals surface area contributed by atoms with Crippen LogP contribution in [0.4, 0.5) is 5.13 Å². The third-order valence-electron chi connectivity index (χ3n) is 2.77. The number of anilines is 1. The molecule has 18 heavy (non-hydrogen) atoms. The molecule has 1 fully saturated rings. The standard InChI is InChI=1S/C12H18N2O3S/c1-4-16-11(15)10-9(3)18-12(13-10)14-5-6-17-8(2)7-14/h8H,4-7H2,1-3H3. The summed E-state index contributed by atoms with van der Waals surface area (Å²) in [7, 11) is 0. The molecule has 1 aromatic heterocycles. The predicted molar refractivity (Wildman–Crippen MR) is 70.4 cm³/mol. The number of ether oxygens (including phenoxy) is 2. The Kier molecular flexibility index (Phi) is 4.19. The maximum absolute atomic E-state index is 11.7. The van der Waals surface area contributed by atoms with Crippen molar-refractivity contribution < 1.29 is 14.3 Å². The van der Waals surface area contributed by atoms with Gasteiger partial charge in [-0.3, -0.25) is 0 Å². The number of esters is 1. The molecule has 1 aromatic rings. The summed E-state index contributed by atoms with van der Waals surface area (Å²) in [6, 6.07) is 0. The normalized spacial score (nSPS) is 19.9. The van der Waals surface area contributed by atoms with Crippen LogP contribution < -0.4 is 4.90 Å². The number of carbonyl (C=O) groups is 1. The molecule has 1 atom stereocenters. The summed E-state index contributed by atoms with van der Waals surface area (Å²) in [6.07, 6.45) is 0.203. The highest BCUT2D eigenvalue weighted by Crippen LogP contribution is 2.27. The van der Waals surface area contributed by atoms with Crippen LogP contribution in [0.2, 0.25) is 0 Å². The van der Waals surface area contributed by atoms with Crippen molar-refractivity contribution in [2.24, 2.45) is 0 Å². The molecule has 2 heterocycles. The lowest BCUT2D eigenvalue weighted by Gasteiger charge is -2.30. The molecular weight excluding hydrogens is 252 g/mol. The maximum atomic E-state index is 11.7. The molecule has 0 spiro atoms. The van der Waals surface area contributed by atoms with Gasteiger partial charge in [-0.1, -0.05) is 0 Å². The molecule has 0 bridgehead atoms. The molecule has 1 aliphatic heterocycles. The first-order valence-corrected chi connectivity index (χ1v) is 6.94. The molecule has 1 aliphatic rings. The molecule has 0 aromatic carbocycles. The molecule has 0 saturated carbocycles. The van der Waals surface area contributed by atoms with Crippen LogP contribution in [-0.4, -0.2) is 43.4 Å². The van der Waals surface area contributed by atoms with E-state index in [0.29, 0.717) is 18.9 Å². The van der Waals surface area contributed by atoms with Gasteiger partial charge >= 0.3 is 5.97 Å². The molecule has 1 unspecified atom stereocenters. The SMILES string of the molecule is CCOC(=O)c1nc(N2CCOC(C)C2)sc1C. The van der Waals surface area contributed by atoms with Crippen molar-refractivity contribution in [3.05, 3.63) is 10.6 Å². The van der Waals surface area contributed by atoms with E-state index in [1.807, 2.05) is 13.8 Å². The van der Waals surface area contributed by atoms with E-state index in [1.54, 1.807) is 6.92 Å². The van der Waals surface area contributed by atoms with Gasteiger partial charge in [0.15, 0.2) is 10.8 Å². The van der Waals surface area contributed by atoms with Crippen LogP contribution in [0.25, 0.3) is 0 Å². The van der Waals surface area contributed by atoms with Crippen LogP contribution >= 0.6 is 11.3 Å². The Morgan fingerprint density at radius 1 is 1.67 bits per heavy atom. The Hall–Kier alpha value is -1.14. The van der Waals surface area contributed by atoms with Gasteiger partial charge in [0, 0.05) is 18.0 Å². The Bertz CT molecular complexity index is 433. The number of aromatic nitrogens is 1. The summed E-state index contributed by atoms with van der Waals surface area (Å²) >= 11 is 1.54. The summed E-state index contributed by atoms with van der Waals surface area (Å²) in [5.74, 6) is -0.334. The van der Waals surface area contributed by atoms with Crippen molar-refractivity contribution in [2.45, 2.75) is 26.9 Å². The topological polar surface area (TPSA) is 51.7 Å². The van der Waals surface area contributed by atoms with Gasteiger partial charge in [-0.2, -0.15) is 0 Å². The molecule has 1 saturated heterocycles. The van der Waals surface area contributed by atoms with Gasteiger partial charge in [0.05, 0.1) is 19.3 Å². The Balaban J connectivity index is 2.15. The number of thiazole rings is 1. The van der Waals surface area contributed by atoms with Gasteiger partial charge in [-0.25, -0.2) is 9.78 Å². The minimum Gasteiger partial charge on any atom is -0.461 e. The van der Waals surface area contributed by atoms with Gasteiger partial charge < -0.3 is 14.4 Å². The average molecular weight is 270 g/mol. The van der Waals surface area contributed by atoms with Crippen LogP contribution in [0.5, 0.6) is 0 Å². The Morgan fingerprint density at radius 2 is 2.44 bits per heavy atom. The highest BCUT2D eigenvalue weighted by molar-refractivity contribution is 7.15. The molecule has 0 radical (unpaired) electrons. The molecule has 0 aliphatic carbocycles. The zero-order valence-electron chi connectivity index (χ0n) is 10.9. The van der Waals surface area contributed by atoms with E-state index in [2.05, 4.69) is 9.88 Å². The third-order valence-corrected chi connectivity index (χ3v) is 3.80. The number of hydrogen-bond acceptors (Lipinski definition) is 6. The lowest BCUT2D eigenvalue weighted by molar-refractivity contribution is 0.0517. The fourth-order valence-corrected chi connectivity index (χ4v) is 2.83. The van der Waals surface area contributed by atoms with Crippen molar-refractivity contribution in [3.63, 3.8) is 0 Å². The molecule has 0 N–H and O–H groups in total. The zero-order chi connectivity index (χ0) is 13.1. The monoisotopic (exact) mass is 270 g/mol. The van der Waals surface area contributed by atoms with Crippen LogP contribution in [0.1, 0.15) is 29.2 Å². The van der Waals surface area contributed by atoms with Gasteiger partial charge in [-0.15, -0.1) is 11.3 Å². The zero-order valence-corrected chi connectivity index (χ0v) is 11.7. The molecule has 5 nitrogen and oxygen atoms in total. The quantitative estimate of drug-likeness (QED) is 0.785. The molecule has 2 rings (SSSR count). The lowest BCUT2D eigenvalue weighted by Crippen LogP contribution is -2.41. The number of morpholine rings is 1. The van der Waals surface area contributed by atoms with Crippen molar-refractivity contribution >= 4 is 22.4 Å². The van der Waals surface area contributed by atoms with Crippen LogP contribution in [0.3, 0.4) is 0 Å². The second-order valence-electron chi connectivity index (χ2n) is 4.25. The number of carbonyl (C=O) groups excluding carboxylic acids is 1. The second kappa shape index (κ2) is 5.67. The van der Waals surface area contributed by atoms with Crippen LogP contribution in [-0.2, 0) is 9.47 Å². The van der Waals surface area contributed by atoms with E-state index in [9.17, 15) is 4.79 Å². The number of rotatable bonds is 3. The first-order chi connectivity index (χ1) is 8.61. The second-order valence-corrected chi connectivity index (χ2v) is 5.43. The first-order valence-electron chi connectivity index (χ1n) is 6.13. The van der Waals surface area contributed by atoms with E-state index in [1.165, 1.54) is 11.3 Å². The molecule has 0 amide bonds. The first kappa shape index (κ1) is 13.3. The lowest BCUT2D eigenvalue weighted by atomic mass is 10.3. The Morgan fingerprint density at radius 3 is 3.11 bits per heavy atom. The van der Waals surface area contributed by atoms with E-state index >= 15 is 0 Å². The fraction of sp³-hybridized carbons (Fsp3) is 0.667. The van der Waals surface area contributed by atoms with E-state index in [4.69, 9.17) is 9.47 Å². The summed E-state index contributed by atoms with van der Waals surface area (Å²) in [6.45, 7) is 8.45. The maximum Gasteiger partial charge on any atom is 0.358 e.